The van der Waals surface area contributed by atoms with Crippen molar-refractivity contribution in [1.29, 1.82) is 0 Å². The number of carboxylic acid groups (broad SMARTS) is 1. The first-order valence-corrected chi connectivity index (χ1v) is 6.09. The molecule has 0 bridgehead atoms. The number of rotatable bonds is 4. The van der Waals surface area contributed by atoms with Crippen LogP contribution >= 0.6 is 0 Å². The van der Waals surface area contributed by atoms with E-state index in [4.69, 9.17) is 10.8 Å². The first-order valence-electron chi connectivity index (χ1n) is 6.09. The molecule has 7 heteroatoms. The number of benzene rings is 1. The van der Waals surface area contributed by atoms with Gasteiger partial charge in [0.2, 0.25) is 11.8 Å². The highest BCUT2D eigenvalue weighted by Gasteiger charge is 2.31. The van der Waals surface area contributed by atoms with Crippen molar-refractivity contribution in [3.8, 4) is 0 Å². The van der Waals surface area contributed by atoms with Crippen molar-refractivity contribution < 1.29 is 19.5 Å². The van der Waals surface area contributed by atoms with Gasteiger partial charge in [-0.1, -0.05) is 12.1 Å². The fourth-order valence-corrected chi connectivity index (χ4v) is 2.16. The molecule has 1 atom stereocenters. The summed E-state index contributed by atoms with van der Waals surface area (Å²) in [6, 6.07) is 5.86. The van der Waals surface area contributed by atoms with Gasteiger partial charge in [0, 0.05) is 18.7 Å². The molecule has 4 N–H and O–H groups in total. The standard InChI is InChI=1S/C13H15N3O4/c14-12(18)9-3-1-2-8(4-9)6-16-7-11(17)15-5-10(16)13(19)20/h1-4,10H,5-7H2,(H2,14,18)(H,15,17)(H,19,20). The number of piperazine rings is 1. The van der Waals surface area contributed by atoms with Crippen LogP contribution in [0.5, 0.6) is 0 Å². The van der Waals surface area contributed by atoms with Crippen LogP contribution in [-0.2, 0) is 16.1 Å². The van der Waals surface area contributed by atoms with Gasteiger partial charge in [-0.15, -0.1) is 0 Å². The largest absolute Gasteiger partial charge is 0.480 e. The molecule has 0 saturated carbocycles. The van der Waals surface area contributed by atoms with Crippen molar-refractivity contribution in [3.63, 3.8) is 0 Å². The zero-order valence-corrected chi connectivity index (χ0v) is 10.7. The van der Waals surface area contributed by atoms with Crippen molar-refractivity contribution in [2.24, 2.45) is 5.73 Å². The Kier molecular flexibility index (Phi) is 3.99. The van der Waals surface area contributed by atoms with Gasteiger partial charge in [-0.25, -0.2) is 0 Å². The van der Waals surface area contributed by atoms with E-state index in [9.17, 15) is 14.4 Å². The molecule has 0 radical (unpaired) electrons. The monoisotopic (exact) mass is 277 g/mol. The number of carbonyl (C=O) groups excluding carboxylic acids is 2. The lowest BCUT2D eigenvalue weighted by Gasteiger charge is -2.32. The zero-order chi connectivity index (χ0) is 14.7. The van der Waals surface area contributed by atoms with Crippen molar-refractivity contribution in [2.45, 2.75) is 12.6 Å². The molecule has 2 amide bonds. The van der Waals surface area contributed by atoms with E-state index in [0.717, 1.165) is 5.56 Å². The maximum atomic E-state index is 11.4. The third-order valence-corrected chi connectivity index (χ3v) is 3.16. The summed E-state index contributed by atoms with van der Waals surface area (Å²) in [5, 5.41) is 11.7. The van der Waals surface area contributed by atoms with Crippen molar-refractivity contribution in [2.75, 3.05) is 13.1 Å². The number of nitrogens with one attached hydrogen (secondary N) is 1. The summed E-state index contributed by atoms with van der Waals surface area (Å²) in [5.74, 6) is -1.75. The Morgan fingerprint density at radius 3 is 2.85 bits per heavy atom. The Morgan fingerprint density at radius 2 is 2.20 bits per heavy atom. The number of carboxylic acids is 1. The Labute approximate surface area is 115 Å². The van der Waals surface area contributed by atoms with Gasteiger partial charge in [-0.05, 0) is 17.7 Å². The number of hydrogen-bond donors (Lipinski definition) is 3. The second-order valence-corrected chi connectivity index (χ2v) is 4.63. The fourth-order valence-electron chi connectivity index (χ4n) is 2.16. The lowest BCUT2D eigenvalue weighted by Crippen LogP contribution is -2.56. The first-order chi connectivity index (χ1) is 9.47. The number of nitrogens with zero attached hydrogens (tertiary/aromatic N) is 1. The third kappa shape index (κ3) is 3.12. The number of hydrogen-bond acceptors (Lipinski definition) is 4. The SMILES string of the molecule is NC(=O)c1cccc(CN2CC(=O)NCC2C(=O)O)c1. The van der Waals surface area contributed by atoms with Crippen LogP contribution in [0.3, 0.4) is 0 Å². The molecule has 1 aliphatic rings. The summed E-state index contributed by atoms with van der Waals surface area (Å²) in [6.07, 6.45) is 0. The molecular formula is C13H15N3O4. The highest BCUT2D eigenvalue weighted by atomic mass is 16.4. The van der Waals surface area contributed by atoms with E-state index in [1.165, 1.54) is 0 Å². The molecule has 1 aromatic carbocycles. The van der Waals surface area contributed by atoms with Gasteiger partial charge in [-0.2, -0.15) is 0 Å². The normalized spacial score (nSPS) is 19.4. The first kappa shape index (κ1) is 14.0. The maximum absolute atomic E-state index is 11.4. The lowest BCUT2D eigenvalue weighted by atomic mass is 10.1. The molecule has 106 valence electrons. The average Bonchev–Trinajstić information content (AvgIpc) is 2.38. The van der Waals surface area contributed by atoms with Crippen LogP contribution in [0, 0.1) is 0 Å². The van der Waals surface area contributed by atoms with Gasteiger partial charge in [0.15, 0.2) is 0 Å². The molecular weight excluding hydrogens is 262 g/mol. The van der Waals surface area contributed by atoms with Crippen LogP contribution < -0.4 is 11.1 Å². The number of carbonyl (C=O) groups is 3. The summed E-state index contributed by atoms with van der Waals surface area (Å²) < 4.78 is 0. The summed E-state index contributed by atoms with van der Waals surface area (Å²) >= 11 is 0. The van der Waals surface area contributed by atoms with Crippen LogP contribution in [0.2, 0.25) is 0 Å². The smallest absolute Gasteiger partial charge is 0.322 e. The molecule has 7 nitrogen and oxygen atoms in total. The highest BCUT2D eigenvalue weighted by molar-refractivity contribution is 5.92. The van der Waals surface area contributed by atoms with Gasteiger partial charge in [0.25, 0.3) is 0 Å². The summed E-state index contributed by atoms with van der Waals surface area (Å²) in [4.78, 5) is 35.2. The van der Waals surface area contributed by atoms with Crippen LogP contribution in [0.25, 0.3) is 0 Å². The van der Waals surface area contributed by atoms with E-state index < -0.39 is 17.9 Å². The molecule has 1 aliphatic heterocycles. The van der Waals surface area contributed by atoms with Crippen molar-refractivity contribution in [1.82, 2.24) is 10.2 Å². The molecule has 1 aromatic rings. The molecule has 1 fully saturated rings. The fraction of sp³-hybridized carbons (Fsp3) is 0.308. The molecule has 1 unspecified atom stereocenters. The van der Waals surface area contributed by atoms with Gasteiger partial charge < -0.3 is 16.2 Å². The predicted molar refractivity (Wildman–Crippen MR) is 69.8 cm³/mol. The number of amides is 2. The molecule has 0 aromatic heterocycles. The third-order valence-electron chi connectivity index (χ3n) is 3.16. The van der Waals surface area contributed by atoms with E-state index in [2.05, 4.69) is 5.32 Å². The Morgan fingerprint density at radius 1 is 1.45 bits per heavy atom. The van der Waals surface area contributed by atoms with Crippen LogP contribution in [0.15, 0.2) is 24.3 Å². The number of aliphatic carboxylic acids is 1. The second-order valence-electron chi connectivity index (χ2n) is 4.63. The predicted octanol–water partition coefficient (Wildman–Crippen LogP) is -0.829. The average molecular weight is 277 g/mol. The zero-order valence-electron chi connectivity index (χ0n) is 10.7. The Balaban J connectivity index is 2.17. The minimum Gasteiger partial charge on any atom is -0.480 e. The van der Waals surface area contributed by atoms with Gasteiger partial charge >= 0.3 is 5.97 Å². The summed E-state index contributed by atoms with van der Waals surface area (Å²) in [7, 11) is 0. The van der Waals surface area contributed by atoms with E-state index in [-0.39, 0.29) is 25.5 Å². The molecule has 0 aliphatic carbocycles. The maximum Gasteiger partial charge on any atom is 0.322 e. The van der Waals surface area contributed by atoms with Gasteiger partial charge in [0.1, 0.15) is 6.04 Å². The van der Waals surface area contributed by atoms with Crippen LogP contribution in [0.1, 0.15) is 15.9 Å². The van der Waals surface area contributed by atoms with E-state index in [1.807, 2.05) is 0 Å². The molecule has 2 rings (SSSR count). The minimum atomic E-state index is -0.990. The van der Waals surface area contributed by atoms with E-state index in [0.29, 0.717) is 5.56 Å². The lowest BCUT2D eigenvalue weighted by molar-refractivity contribution is -0.146. The van der Waals surface area contributed by atoms with Crippen molar-refractivity contribution >= 4 is 17.8 Å². The topological polar surface area (TPSA) is 113 Å². The summed E-state index contributed by atoms with van der Waals surface area (Å²) in [5.41, 5.74) is 6.30. The molecule has 20 heavy (non-hydrogen) atoms. The van der Waals surface area contributed by atoms with Crippen molar-refractivity contribution in [3.05, 3.63) is 35.4 Å². The molecule has 0 spiro atoms. The Bertz CT molecular complexity index is 558. The Hall–Kier alpha value is -2.41. The van der Waals surface area contributed by atoms with Gasteiger partial charge in [0.05, 0.1) is 6.54 Å². The van der Waals surface area contributed by atoms with Crippen LogP contribution in [-0.4, -0.2) is 46.9 Å². The van der Waals surface area contributed by atoms with Gasteiger partial charge in [-0.3, -0.25) is 19.3 Å². The number of primary amides is 1. The number of nitrogens with two attached hydrogens (primary N) is 1. The highest BCUT2D eigenvalue weighted by Crippen LogP contribution is 2.12. The molecule has 1 heterocycles. The quantitative estimate of drug-likeness (QED) is 0.665. The minimum absolute atomic E-state index is 0.0117. The second kappa shape index (κ2) is 5.70. The van der Waals surface area contributed by atoms with Crippen LogP contribution in [0.4, 0.5) is 0 Å². The van der Waals surface area contributed by atoms with E-state index >= 15 is 0 Å². The van der Waals surface area contributed by atoms with E-state index in [1.54, 1.807) is 29.2 Å². The summed E-state index contributed by atoms with van der Waals surface area (Å²) in [6.45, 7) is 0.354. The molecule has 1 saturated heterocycles.